The molecule has 0 saturated heterocycles. The highest BCUT2D eigenvalue weighted by Gasteiger charge is 2.34. The van der Waals surface area contributed by atoms with E-state index in [1.165, 1.54) is 0 Å². The maximum atomic E-state index is 12.1. The van der Waals surface area contributed by atoms with Crippen LogP contribution in [0.3, 0.4) is 0 Å². The minimum atomic E-state index is -0.168. The molecule has 17 heavy (non-hydrogen) atoms. The zero-order chi connectivity index (χ0) is 12.3. The lowest BCUT2D eigenvalue weighted by Gasteiger charge is -2.18. The zero-order valence-corrected chi connectivity index (χ0v) is 9.81. The van der Waals surface area contributed by atoms with Crippen LogP contribution in [0.25, 0.3) is 0 Å². The van der Waals surface area contributed by atoms with Crippen LogP contribution in [0.15, 0.2) is 0 Å². The Morgan fingerprint density at radius 2 is 2.41 bits per heavy atom. The number of hydrogen-bond acceptors (Lipinski definition) is 4. The number of amides is 1. The normalized spacial score (nSPS) is 14.4. The zero-order valence-electron chi connectivity index (χ0n) is 9.81. The number of nitrogens with zero attached hydrogens (tertiary/aromatic N) is 4. The van der Waals surface area contributed by atoms with Crippen LogP contribution in [0.1, 0.15) is 42.6 Å². The van der Waals surface area contributed by atoms with Crippen molar-refractivity contribution >= 4 is 5.91 Å². The average molecular weight is 233 g/mol. The van der Waals surface area contributed by atoms with Crippen molar-refractivity contribution in [2.75, 3.05) is 6.54 Å². The Kier molecular flexibility index (Phi) is 3.38. The molecule has 1 aromatic heterocycles. The van der Waals surface area contributed by atoms with Gasteiger partial charge in [-0.1, -0.05) is 6.92 Å². The third-order valence-corrected chi connectivity index (χ3v) is 2.77. The Balaban J connectivity index is 2.07. The van der Waals surface area contributed by atoms with E-state index in [0.29, 0.717) is 18.8 Å². The van der Waals surface area contributed by atoms with Gasteiger partial charge in [-0.15, -0.1) is 5.10 Å². The molecule has 1 saturated carbocycles. The summed E-state index contributed by atoms with van der Waals surface area (Å²) in [5.74, 6) is 0.759. The van der Waals surface area contributed by atoms with Crippen LogP contribution >= 0.6 is 0 Å². The smallest absolute Gasteiger partial charge is 0.293 e. The molecule has 6 nitrogen and oxygen atoms in total. The number of carbonyl (C=O) groups is 1. The summed E-state index contributed by atoms with van der Waals surface area (Å²) in [6, 6.07) is 2.34. The van der Waals surface area contributed by atoms with Gasteiger partial charge in [-0.05, 0) is 12.8 Å². The van der Waals surface area contributed by atoms with Crippen LogP contribution in [0, 0.1) is 11.3 Å². The van der Waals surface area contributed by atoms with Gasteiger partial charge in [0.05, 0.1) is 12.5 Å². The molecule has 0 radical (unpaired) electrons. The van der Waals surface area contributed by atoms with E-state index in [9.17, 15) is 4.79 Å². The van der Waals surface area contributed by atoms with Crippen LogP contribution < -0.4 is 0 Å². The number of carbonyl (C=O) groups excluding carboxylic acids is 1. The lowest BCUT2D eigenvalue weighted by molar-refractivity contribution is 0.0735. The summed E-state index contributed by atoms with van der Waals surface area (Å²) < 4.78 is 0. The van der Waals surface area contributed by atoms with Crippen molar-refractivity contribution < 1.29 is 4.79 Å². The Bertz CT molecular complexity index is 443. The summed E-state index contributed by atoms with van der Waals surface area (Å²) in [7, 11) is 0. The number of nitriles is 1. The molecular formula is C11H15N5O. The van der Waals surface area contributed by atoms with E-state index >= 15 is 0 Å². The van der Waals surface area contributed by atoms with Crippen molar-refractivity contribution in [2.24, 2.45) is 0 Å². The van der Waals surface area contributed by atoms with E-state index in [2.05, 4.69) is 21.3 Å². The molecule has 90 valence electrons. The van der Waals surface area contributed by atoms with Gasteiger partial charge >= 0.3 is 0 Å². The van der Waals surface area contributed by atoms with E-state index < -0.39 is 0 Å². The molecule has 1 amide bonds. The van der Waals surface area contributed by atoms with E-state index in [4.69, 9.17) is 5.26 Å². The predicted octanol–water partition coefficient (Wildman–Crippen LogP) is 0.885. The van der Waals surface area contributed by atoms with E-state index in [0.717, 1.165) is 19.3 Å². The first kappa shape index (κ1) is 11.6. The molecule has 1 aromatic rings. The number of rotatable bonds is 5. The average Bonchev–Trinajstić information content (AvgIpc) is 3.06. The Morgan fingerprint density at radius 3 is 2.94 bits per heavy atom. The van der Waals surface area contributed by atoms with Gasteiger partial charge in [0.1, 0.15) is 5.82 Å². The van der Waals surface area contributed by atoms with Gasteiger partial charge in [0.15, 0.2) is 0 Å². The monoisotopic (exact) mass is 233 g/mol. The van der Waals surface area contributed by atoms with Crippen molar-refractivity contribution in [1.82, 2.24) is 20.1 Å². The van der Waals surface area contributed by atoms with Gasteiger partial charge < -0.3 is 4.90 Å². The molecule has 0 aliphatic heterocycles. The highest BCUT2D eigenvalue weighted by atomic mass is 16.2. The van der Waals surface area contributed by atoms with Crippen molar-refractivity contribution in [3.8, 4) is 6.07 Å². The second-order valence-electron chi connectivity index (χ2n) is 4.10. The Hall–Kier alpha value is -1.90. The highest BCUT2D eigenvalue weighted by molar-refractivity contribution is 5.90. The van der Waals surface area contributed by atoms with E-state index in [1.807, 2.05) is 6.92 Å². The number of H-pyrrole nitrogens is 1. The second-order valence-corrected chi connectivity index (χ2v) is 4.10. The van der Waals surface area contributed by atoms with Crippen molar-refractivity contribution in [2.45, 2.75) is 38.6 Å². The first-order valence-electron chi connectivity index (χ1n) is 5.85. The summed E-state index contributed by atoms with van der Waals surface area (Å²) in [5, 5.41) is 15.2. The van der Waals surface area contributed by atoms with Gasteiger partial charge in [0.25, 0.3) is 5.91 Å². The first-order valence-corrected chi connectivity index (χ1v) is 5.85. The lowest BCUT2D eigenvalue weighted by atomic mass is 10.3. The standard InChI is InChI=1S/C11H15N5O/c1-2-9-13-10(15-14-9)11(17)16(7-3-6-12)8-4-5-8/h8H,2-5,7H2,1H3,(H,13,14,15). The van der Waals surface area contributed by atoms with Crippen molar-refractivity contribution in [3.63, 3.8) is 0 Å². The SMILES string of the molecule is CCc1nc(C(=O)N(CCC#N)C2CC2)n[nH]1. The molecular weight excluding hydrogens is 218 g/mol. The number of aromatic nitrogens is 3. The summed E-state index contributed by atoms with van der Waals surface area (Å²) in [4.78, 5) is 18.0. The number of aryl methyl sites for hydroxylation is 1. The van der Waals surface area contributed by atoms with Gasteiger partial charge in [0.2, 0.25) is 5.82 Å². The molecule has 0 spiro atoms. The third kappa shape index (κ3) is 2.61. The van der Waals surface area contributed by atoms with Gasteiger partial charge in [-0.2, -0.15) is 5.26 Å². The van der Waals surface area contributed by atoms with Crippen LogP contribution in [-0.4, -0.2) is 38.6 Å². The third-order valence-electron chi connectivity index (χ3n) is 2.77. The van der Waals surface area contributed by atoms with Crippen molar-refractivity contribution in [1.29, 1.82) is 5.26 Å². The predicted molar refractivity (Wildman–Crippen MR) is 60.0 cm³/mol. The molecule has 1 heterocycles. The van der Waals surface area contributed by atoms with Gasteiger partial charge in [-0.3, -0.25) is 9.89 Å². The summed E-state index contributed by atoms with van der Waals surface area (Å²) in [6.07, 6.45) is 3.11. The minimum Gasteiger partial charge on any atom is -0.332 e. The van der Waals surface area contributed by atoms with Crippen LogP contribution in [-0.2, 0) is 6.42 Å². The lowest BCUT2D eigenvalue weighted by Crippen LogP contribution is -2.34. The number of hydrogen-bond donors (Lipinski definition) is 1. The molecule has 0 atom stereocenters. The number of nitrogens with one attached hydrogen (secondary N) is 1. The Morgan fingerprint density at radius 1 is 1.65 bits per heavy atom. The molecule has 6 heteroatoms. The van der Waals surface area contributed by atoms with E-state index in [-0.39, 0.29) is 17.8 Å². The second kappa shape index (κ2) is 4.95. The minimum absolute atomic E-state index is 0.168. The molecule has 1 aliphatic carbocycles. The van der Waals surface area contributed by atoms with Crippen LogP contribution in [0.5, 0.6) is 0 Å². The maximum Gasteiger partial charge on any atom is 0.293 e. The first-order chi connectivity index (χ1) is 8.26. The molecule has 2 rings (SSSR count). The molecule has 1 fully saturated rings. The fourth-order valence-corrected chi connectivity index (χ4v) is 1.68. The molecule has 0 aromatic carbocycles. The summed E-state index contributed by atoms with van der Waals surface area (Å²) >= 11 is 0. The molecule has 1 N–H and O–H groups in total. The van der Waals surface area contributed by atoms with Crippen molar-refractivity contribution in [3.05, 3.63) is 11.6 Å². The molecule has 0 bridgehead atoms. The van der Waals surface area contributed by atoms with Gasteiger partial charge in [-0.25, -0.2) is 4.98 Å². The van der Waals surface area contributed by atoms with Crippen LogP contribution in [0.4, 0.5) is 0 Å². The van der Waals surface area contributed by atoms with Gasteiger partial charge in [0, 0.05) is 19.0 Å². The highest BCUT2D eigenvalue weighted by Crippen LogP contribution is 2.27. The molecule has 1 aliphatic rings. The van der Waals surface area contributed by atoms with Crippen LogP contribution in [0.2, 0.25) is 0 Å². The number of aromatic amines is 1. The summed E-state index contributed by atoms with van der Waals surface area (Å²) in [6.45, 7) is 2.42. The fourth-order valence-electron chi connectivity index (χ4n) is 1.68. The summed E-state index contributed by atoms with van der Waals surface area (Å²) in [5.41, 5.74) is 0. The topological polar surface area (TPSA) is 85.7 Å². The Labute approximate surface area is 99.6 Å². The fraction of sp³-hybridized carbons (Fsp3) is 0.636. The quantitative estimate of drug-likeness (QED) is 0.818. The largest absolute Gasteiger partial charge is 0.332 e. The maximum absolute atomic E-state index is 12.1. The van der Waals surface area contributed by atoms with E-state index in [1.54, 1.807) is 4.90 Å². The molecule has 0 unspecified atom stereocenters.